The maximum Gasteiger partial charge on any atom is 0.324 e. The Hall–Kier alpha value is -5.66. The molecule has 1 unspecified atom stereocenters. The predicted octanol–water partition coefficient (Wildman–Crippen LogP) is 6.16. The number of likely N-dealkylation sites (N-methyl/N-ethyl adjacent to an activating group) is 1. The normalized spacial score (nSPS) is 21.0. The molecule has 3 aliphatic heterocycles. The number of rotatable bonds is 8. The Morgan fingerprint density at radius 2 is 1.84 bits per heavy atom. The number of fused-ring (bicyclic) bond motifs is 6. The summed E-state index contributed by atoms with van der Waals surface area (Å²) in [7, 11) is 3.30. The van der Waals surface area contributed by atoms with E-state index in [9.17, 15) is 24.3 Å². The first-order valence-electron chi connectivity index (χ1n) is 22.6. The second-order valence-electron chi connectivity index (χ2n) is 18.6. The van der Waals surface area contributed by atoms with Crippen molar-refractivity contribution < 1.29 is 38.5 Å². The number of amides is 4. The van der Waals surface area contributed by atoms with Gasteiger partial charge in [0.1, 0.15) is 23.9 Å². The molecule has 0 radical (unpaired) electrons. The molecular formula is C50H64N6O8. The second-order valence-corrected chi connectivity index (χ2v) is 18.6. The van der Waals surface area contributed by atoms with Gasteiger partial charge in [0.25, 0.3) is 5.91 Å². The Bertz CT molecular complexity index is 2420. The largest absolute Gasteiger partial charge is 0.508 e. The van der Waals surface area contributed by atoms with Crippen molar-refractivity contribution in [1.29, 1.82) is 0 Å². The minimum atomic E-state index is -1.13. The summed E-state index contributed by atoms with van der Waals surface area (Å²) in [5.74, 6) is -1.69. The highest BCUT2D eigenvalue weighted by Crippen LogP contribution is 2.40. The number of hydrogen-bond acceptors (Lipinski definition) is 9. The van der Waals surface area contributed by atoms with Crippen LogP contribution in [0, 0.1) is 11.3 Å². The van der Waals surface area contributed by atoms with E-state index in [0.29, 0.717) is 70.8 Å². The van der Waals surface area contributed by atoms with Crippen LogP contribution in [0.2, 0.25) is 0 Å². The van der Waals surface area contributed by atoms with Crippen LogP contribution >= 0.6 is 0 Å². The van der Waals surface area contributed by atoms with Gasteiger partial charge in [-0.15, -0.1) is 5.73 Å². The summed E-state index contributed by atoms with van der Waals surface area (Å²) >= 11 is 0. The molecule has 3 aromatic rings. The fourth-order valence-corrected chi connectivity index (χ4v) is 9.44. The molecule has 1 aliphatic carbocycles. The SMILES string of the molecule is CCn1c(C2=C(COC)C=CC(C)=C=C2)c2c3cc(ccc31)-c1cc(O)cc(c1)CC(NC(=O)[C@H](C(C)C)N(C)C(=O)N1CCOCC1)C(=O)N1CCC[C@H](N1)C(=O)OCC(C)(C)C2. The van der Waals surface area contributed by atoms with Crippen molar-refractivity contribution >= 4 is 40.3 Å². The number of esters is 1. The van der Waals surface area contributed by atoms with Gasteiger partial charge in [0, 0.05) is 68.6 Å². The van der Waals surface area contributed by atoms with Crippen molar-refractivity contribution in [3.63, 3.8) is 0 Å². The third kappa shape index (κ3) is 10.0. The smallest absolute Gasteiger partial charge is 0.324 e. The summed E-state index contributed by atoms with van der Waals surface area (Å²) in [4.78, 5) is 59.7. The quantitative estimate of drug-likeness (QED) is 0.178. The molecule has 342 valence electrons. The fourth-order valence-electron chi connectivity index (χ4n) is 9.44. The molecule has 2 fully saturated rings. The lowest BCUT2D eigenvalue weighted by atomic mass is 9.83. The Balaban J connectivity index is 1.35. The summed E-state index contributed by atoms with van der Waals surface area (Å²) in [6.45, 7) is 15.2. The molecule has 7 rings (SSSR count). The van der Waals surface area contributed by atoms with Gasteiger partial charge in [0.15, 0.2) is 0 Å². The number of hydrogen-bond donors (Lipinski definition) is 3. The van der Waals surface area contributed by atoms with Crippen molar-refractivity contribution in [3.05, 3.63) is 88.3 Å². The molecule has 64 heavy (non-hydrogen) atoms. The summed E-state index contributed by atoms with van der Waals surface area (Å²) in [6, 6.07) is 8.45. The van der Waals surface area contributed by atoms with Crippen LogP contribution in [0.25, 0.3) is 27.6 Å². The monoisotopic (exact) mass is 876 g/mol. The number of nitrogens with one attached hydrogen (secondary N) is 2. The fraction of sp³-hybridized carbons (Fsp3) is 0.500. The van der Waals surface area contributed by atoms with Crippen LogP contribution in [0.5, 0.6) is 5.75 Å². The van der Waals surface area contributed by atoms with Gasteiger partial charge in [0.2, 0.25) is 5.91 Å². The van der Waals surface area contributed by atoms with Crippen molar-refractivity contribution in [1.82, 2.24) is 30.1 Å². The van der Waals surface area contributed by atoms with Crippen LogP contribution in [-0.4, -0.2) is 127 Å². The third-order valence-corrected chi connectivity index (χ3v) is 12.6. The molecule has 14 nitrogen and oxygen atoms in total. The minimum absolute atomic E-state index is 0.00871. The zero-order valence-corrected chi connectivity index (χ0v) is 38.6. The number of carbonyl (C=O) groups is 4. The van der Waals surface area contributed by atoms with Gasteiger partial charge in [-0.25, -0.2) is 10.2 Å². The third-order valence-electron chi connectivity index (χ3n) is 12.6. The standard InChI is InChI=1S/C50H64N6O8/c1-9-55-43-17-15-34-27-39(43)40(45(55)38-16-13-32(4)12-14-35(38)29-62-8)28-50(5,6)30-64-48(60)41-11-10-18-56(52-41)47(59)42(25-33-23-36(34)26-37(57)24-33)51-46(58)44(31(2)3)53(7)49(61)54-19-21-63-22-20-54/h12,14-17,23-24,26-27,31,41-42,44,52,57H,9-11,18-22,25,28-30H2,1-8H3,(H,51,58)/t41-,42?,44-/m0/s1. The molecule has 2 aromatic carbocycles. The number of urea groups is 1. The molecule has 0 spiro atoms. The first-order chi connectivity index (χ1) is 30.6. The zero-order chi connectivity index (χ0) is 45.9. The Labute approximate surface area is 376 Å². The number of nitrogens with zero attached hydrogens (tertiary/aromatic N) is 4. The van der Waals surface area contributed by atoms with Gasteiger partial charge < -0.3 is 39.0 Å². The molecule has 4 heterocycles. The lowest BCUT2D eigenvalue weighted by Gasteiger charge is -2.38. The van der Waals surface area contributed by atoms with E-state index in [-0.39, 0.29) is 30.7 Å². The second kappa shape index (κ2) is 19.6. The molecule has 4 amide bonds. The molecule has 3 N–H and O–H groups in total. The zero-order valence-electron chi connectivity index (χ0n) is 38.6. The summed E-state index contributed by atoms with van der Waals surface area (Å²) in [5.41, 5.74) is 14.4. The lowest BCUT2D eigenvalue weighted by molar-refractivity contribution is -0.155. The Morgan fingerprint density at radius 1 is 1.08 bits per heavy atom. The van der Waals surface area contributed by atoms with Gasteiger partial charge in [-0.3, -0.25) is 19.4 Å². The number of ether oxygens (including phenoxy) is 3. The van der Waals surface area contributed by atoms with E-state index in [1.165, 1.54) is 9.91 Å². The van der Waals surface area contributed by atoms with E-state index < -0.39 is 41.3 Å². The number of aromatic hydroxyl groups is 1. The van der Waals surface area contributed by atoms with Gasteiger partial charge in [0.05, 0.1) is 32.1 Å². The van der Waals surface area contributed by atoms with Crippen LogP contribution in [-0.2, 0) is 48.0 Å². The first-order valence-corrected chi connectivity index (χ1v) is 22.6. The Morgan fingerprint density at radius 3 is 2.56 bits per heavy atom. The van der Waals surface area contributed by atoms with Crippen LogP contribution in [0.4, 0.5) is 4.79 Å². The summed E-state index contributed by atoms with van der Waals surface area (Å²) in [5, 5.41) is 16.8. The molecule has 14 heteroatoms. The molecular weight excluding hydrogens is 813 g/mol. The molecule has 2 saturated heterocycles. The van der Waals surface area contributed by atoms with Crippen molar-refractivity contribution in [2.75, 3.05) is 60.2 Å². The number of phenolic OH excluding ortho intramolecular Hbond substituents is 1. The molecule has 6 bridgehead atoms. The van der Waals surface area contributed by atoms with Crippen LogP contribution < -0.4 is 10.7 Å². The molecule has 0 saturated carbocycles. The molecule has 1 aromatic heterocycles. The molecule has 3 atom stereocenters. The van der Waals surface area contributed by atoms with Gasteiger partial charge in [-0.2, -0.15) is 0 Å². The van der Waals surface area contributed by atoms with E-state index in [2.05, 4.69) is 60.0 Å². The van der Waals surface area contributed by atoms with E-state index in [0.717, 1.165) is 50.0 Å². The van der Waals surface area contributed by atoms with E-state index in [4.69, 9.17) is 14.2 Å². The topological polar surface area (TPSA) is 155 Å². The van der Waals surface area contributed by atoms with Gasteiger partial charge in [-0.1, -0.05) is 52.0 Å². The van der Waals surface area contributed by atoms with Gasteiger partial charge in [-0.05, 0) is 103 Å². The average molecular weight is 877 g/mol. The van der Waals surface area contributed by atoms with Crippen molar-refractivity contribution in [2.45, 2.75) is 91.9 Å². The molecule has 4 aliphatic rings. The van der Waals surface area contributed by atoms with Crippen molar-refractivity contribution in [2.24, 2.45) is 11.3 Å². The number of hydrazine groups is 1. The maximum atomic E-state index is 14.7. The van der Waals surface area contributed by atoms with E-state index in [1.54, 1.807) is 31.2 Å². The summed E-state index contributed by atoms with van der Waals surface area (Å²) < 4.78 is 19.6. The highest BCUT2D eigenvalue weighted by molar-refractivity contribution is 5.96. The minimum Gasteiger partial charge on any atom is -0.508 e. The van der Waals surface area contributed by atoms with Crippen LogP contribution in [0.15, 0.2) is 71.5 Å². The van der Waals surface area contributed by atoms with Gasteiger partial charge >= 0.3 is 12.0 Å². The number of aromatic nitrogens is 1. The van der Waals surface area contributed by atoms with E-state index >= 15 is 0 Å². The number of morpholine rings is 1. The number of carbonyl (C=O) groups excluding carboxylic acids is 4. The highest BCUT2D eigenvalue weighted by Gasteiger charge is 2.38. The number of phenols is 1. The first kappa shape index (κ1) is 46.3. The number of allylic oxidation sites excluding steroid dienone is 3. The lowest BCUT2D eigenvalue weighted by Crippen LogP contribution is -2.62. The van der Waals surface area contributed by atoms with Crippen LogP contribution in [0.1, 0.15) is 71.2 Å². The maximum absolute atomic E-state index is 14.7. The number of benzene rings is 2. The number of methoxy groups -OCH3 is 1. The van der Waals surface area contributed by atoms with Crippen LogP contribution in [0.3, 0.4) is 0 Å². The predicted molar refractivity (Wildman–Crippen MR) is 246 cm³/mol. The van der Waals surface area contributed by atoms with Crippen molar-refractivity contribution in [3.8, 4) is 16.9 Å². The number of aryl methyl sites for hydroxylation is 1. The highest BCUT2D eigenvalue weighted by atomic mass is 16.5. The number of cyclic esters (lactones) is 1. The Kier molecular flexibility index (Phi) is 14.2. The summed E-state index contributed by atoms with van der Waals surface area (Å²) in [6.07, 6.45) is 7.75. The van der Waals surface area contributed by atoms with E-state index in [1.807, 2.05) is 45.1 Å². The average Bonchev–Trinajstić information content (AvgIpc) is 3.44.